The lowest BCUT2D eigenvalue weighted by molar-refractivity contribution is 0.127. The molecule has 2 nitrogen and oxygen atoms in total. The summed E-state index contributed by atoms with van der Waals surface area (Å²) in [6, 6.07) is 0. The monoisotopic (exact) mass is 358 g/mol. The Hall–Kier alpha value is -0.850. The minimum absolute atomic E-state index is 0.0166. The summed E-state index contributed by atoms with van der Waals surface area (Å²) in [7, 11) is 3.63. The van der Waals surface area contributed by atoms with E-state index in [2.05, 4.69) is 24.3 Å². The molecule has 0 aliphatic heterocycles. The highest BCUT2D eigenvalue weighted by molar-refractivity contribution is 7.64. The largest absolute Gasteiger partial charge is 0.496 e. The van der Waals surface area contributed by atoms with Crippen LogP contribution in [0.25, 0.3) is 0 Å². The summed E-state index contributed by atoms with van der Waals surface area (Å²) >= 11 is 0. The number of methoxy groups -OCH3 is 2. The van der Waals surface area contributed by atoms with E-state index in [0.29, 0.717) is 0 Å². The van der Waals surface area contributed by atoms with Crippen LogP contribution in [0.4, 0.5) is 0 Å². The molecule has 4 aliphatic rings. The van der Waals surface area contributed by atoms with E-state index in [-0.39, 0.29) is 14.0 Å². The number of hydrogen-bond donors (Lipinski definition) is 0. The summed E-state index contributed by atoms with van der Waals surface area (Å²) in [6.45, 7) is 0. The zero-order valence-corrected chi connectivity index (χ0v) is 16.6. The molecule has 0 radical (unpaired) electrons. The lowest BCUT2D eigenvalue weighted by atomic mass is 9.88. The number of rotatable bonds is 6. The van der Waals surface area contributed by atoms with Gasteiger partial charge in [-0.05, 0) is 73.2 Å². The second-order valence-electron chi connectivity index (χ2n) is 7.73. The van der Waals surface area contributed by atoms with Gasteiger partial charge < -0.3 is 9.47 Å². The predicted octanol–water partition coefficient (Wildman–Crippen LogP) is 6.05. The highest BCUT2D eigenvalue weighted by atomic mass is 31.1. The fourth-order valence-electron chi connectivity index (χ4n) is 4.59. The van der Waals surface area contributed by atoms with Crippen molar-refractivity contribution < 1.29 is 9.47 Å². The van der Waals surface area contributed by atoms with Gasteiger partial charge in [0, 0.05) is 12.7 Å². The van der Waals surface area contributed by atoms with Gasteiger partial charge in [-0.15, -0.1) is 0 Å². The molecule has 2 saturated carbocycles. The van der Waals surface area contributed by atoms with Crippen LogP contribution in [0.5, 0.6) is 0 Å². The first-order valence-corrected chi connectivity index (χ1v) is 11.5. The van der Waals surface area contributed by atoms with Crippen molar-refractivity contribution in [1.29, 1.82) is 0 Å². The lowest BCUT2D eigenvalue weighted by Crippen LogP contribution is -2.28. The van der Waals surface area contributed by atoms with Crippen LogP contribution < -0.4 is 0 Å². The van der Waals surface area contributed by atoms with Gasteiger partial charge in [-0.3, -0.25) is 0 Å². The van der Waals surface area contributed by atoms with E-state index in [1.54, 1.807) is 18.0 Å². The highest BCUT2D eigenvalue weighted by Gasteiger charge is 2.39. The third kappa shape index (κ3) is 3.28. The molecule has 3 heteroatoms. The van der Waals surface area contributed by atoms with Crippen molar-refractivity contribution in [3.8, 4) is 0 Å². The van der Waals surface area contributed by atoms with E-state index in [1.165, 1.54) is 44.1 Å². The Morgan fingerprint density at radius 1 is 0.960 bits per heavy atom. The van der Waals surface area contributed by atoms with Gasteiger partial charge in [0.25, 0.3) is 0 Å². The molecule has 0 N–H and O–H groups in total. The van der Waals surface area contributed by atoms with Crippen LogP contribution in [-0.4, -0.2) is 31.6 Å². The first-order valence-electron chi connectivity index (χ1n) is 9.99. The Labute approximate surface area is 153 Å². The molecule has 1 unspecified atom stereocenters. The second kappa shape index (κ2) is 7.80. The van der Waals surface area contributed by atoms with Crippen LogP contribution >= 0.6 is 7.92 Å². The van der Waals surface area contributed by atoms with Crippen molar-refractivity contribution in [2.24, 2.45) is 0 Å². The van der Waals surface area contributed by atoms with Crippen molar-refractivity contribution in [1.82, 2.24) is 0 Å². The van der Waals surface area contributed by atoms with Crippen LogP contribution in [0.3, 0.4) is 0 Å². The maximum Gasteiger partial charge on any atom is 0.124 e. The average molecular weight is 358 g/mol. The summed E-state index contributed by atoms with van der Waals surface area (Å²) in [5.74, 6) is 1.03. The third-order valence-electron chi connectivity index (χ3n) is 6.40. The Balaban J connectivity index is 1.78. The molecule has 0 spiro atoms. The van der Waals surface area contributed by atoms with E-state index >= 15 is 0 Å². The SMILES string of the molecule is COC1=C(C2=C(P(C3CCC3)C3CCC3)C=CCC2)C(OC)CC=C1. The molecule has 0 aromatic carbocycles. The molecular weight excluding hydrogens is 327 g/mol. The van der Waals surface area contributed by atoms with E-state index in [9.17, 15) is 0 Å². The summed E-state index contributed by atoms with van der Waals surface area (Å²) < 4.78 is 11.7. The Morgan fingerprint density at radius 3 is 2.24 bits per heavy atom. The highest BCUT2D eigenvalue weighted by Crippen LogP contribution is 2.66. The van der Waals surface area contributed by atoms with Crippen molar-refractivity contribution in [3.05, 3.63) is 46.5 Å². The molecule has 0 saturated heterocycles. The summed E-state index contributed by atoms with van der Waals surface area (Å²) in [5.41, 5.74) is 4.86. The van der Waals surface area contributed by atoms with E-state index in [0.717, 1.165) is 36.3 Å². The van der Waals surface area contributed by atoms with Crippen LogP contribution in [0.15, 0.2) is 46.5 Å². The minimum atomic E-state index is -0.0166. The van der Waals surface area contributed by atoms with Gasteiger partial charge in [0.05, 0.1) is 13.2 Å². The van der Waals surface area contributed by atoms with Gasteiger partial charge in [-0.25, -0.2) is 0 Å². The van der Waals surface area contributed by atoms with Crippen molar-refractivity contribution in [3.63, 3.8) is 0 Å². The molecule has 0 aromatic rings. The van der Waals surface area contributed by atoms with E-state index < -0.39 is 0 Å². The van der Waals surface area contributed by atoms with Crippen molar-refractivity contribution >= 4 is 7.92 Å². The Bertz CT molecular complexity index is 606. The standard InChI is InChI=1S/C22H31O2P/c1-23-19-13-7-14-20(24-2)22(19)18-12-3-4-15-21(18)25(16-8-5-9-16)17-10-6-11-17/h4,7,13,15-17,20H,3,5-6,8-12,14H2,1-2H3. The molecule has 0 aromatic heterocycles. The maximum atomic E-state index is 5.88. The molecule has 0 heterocycles. The van der Waals surface area contributed by atoms with Crippen LogP contribution in [0.2, 0.25) is 0 Å². The Kier molecular flexibility index (Phi) is 5.48. The molecule has 1 atom stereocenters. The molecule has 4 rings (SSSR count). The number of hydrogen-bond acceptors (Lipinski definition) is 2. The Morgan fingerprint density at radius 2 is 1.68 bits per heavy atom. The molecule has 0 amide bonds. The fourth-order valence-corrected chi connectivity index (χ4v) is 8.63. The minimum Gasteiger partial charge on any atom is -0.496 e. The van der Waals surface area contributed by atoms with E-state index in [1.807, 2.05) is 7.11 Å². The zero-order chi connectivity index (χ0) is 17.2. The van der Waals surface area contributed by atoms with Gasteiger partial charge in [-0.1, -0.05) is 39.0 Å². The summed E-state index contributed by atoms with van der Waals surface area (Å²) in [4.78, 5) is 0. The molecule has 2 fully saturated rings. The summed E-state index contributed by atoms with van der Waals surface area (Å²) in [6.07, 6.45) is 21.4. The molecule has 136 valence electrons. The molecule has 0 bridgehead atoms. The lowest BCUT2D eigenvalue weighted by Gasteiger charge is -2.45. The third-order valence-corrected chi connectivity index (χ3v) is 9.98. The fraction of sp³-hybridized carbons (Fsp3) is 0.636. The summed E-state index contributed by atoms with van der Waals surface area (Å²) in [5, 5.41) is 1.69. The van der Waals surface area contributed by atoms with Crippen LogP contribution in [0.1, 0.15) is 57.8 Å². The zero-order valence-electron chi connectivity index (χ0n) is 15.7. The van der Waals surface area contributed by atoms with Gasteiger partial charge >= 0.3 is 0 Å². The first kappa shape index (κ1) is 17.6. The van der Waals surface area contributed by atoms with Gasteiger partial charge in [-0.2, -0.15) is 0 Å². The van der Waals surface area contributed by atoms with E-state index in [4.69, 9.17) is 9.47 Å². The predicted molar refractivity (Wildman–Crippen MR) is 106 cm³/mol. The van der Waals surface area contributed by atoms with Crippen LogP contribution in [0, 0.1) is 0 Å². The topological polar surface area (TPSA) is 18.5 Å². The normalized spacial score (nSPS) is 27.7. The quantitative estimate of drug-likeness (QED) is 0.538. The van der Waals surface area contributed by atoms with Crippen molar-refractivity contribution in [2.45, 2.75) is 75.2 Å². The second-order valence-corrected chi connectivity index (χ2v) is 10.5. The van der Waals surface area contributed by atoms with Gasteiger partial charge in [0.1, 0.15) is 5.76 Å². The maximum absolute atomic E-state index is 5.88. The number of ether oxygens (including phenoxy) is 2. The van der Waals surface area contributed by atoms with Crippen molar-refractivity contribution in [2.75, 3.05) is 14.2 Å². The van der Waals surface area contributed by atoms with Gasteiger partial charge in [0.2, 0.25) is 0 Å². The molecule has 25 heavy (non-hydrogen) atoms. The first-order chi connectivity index (χ1) is 12.3. The molecule has 4 aliphatic carbocycles. The van der Waals surface area contributed by atoms with Gasteiger partial charge in [0.15, 0.2) is 0 Å². The molecular formula is C22H31O2P. The number of allylic oxidation sites excluding steroid dienone is 4. The van der Waals surface area contributed by atoms with Crippen LogP contribution in [-0.2, 0) is 9.47 Å². The smallest absolute Gasteiger partial charge is 0.124 e. The average Bonchev–Trinajstić information content (AvgIpc) is 2.57.